The van der Waals surface area contributed by atoms with Crippen LogP contribution >= 0.6 is 15.9 Å². The Labute approximate surface area is 199 Å². The van der Waals surface area contributed by atoms with Gasteiger partial charge in [0.25, 0.3) is 0 Å². The van der Waals surface area contributed by atoms with Crippen LogP contribution in [0.2, 0.25) is 0 Å². The average Bonchev–Trinajstić information content (AvgIpc) is 2.77. The molecule has 2 aliphatic heterocycles. The molecular formula is C26H30BrN3O2. The number of hydrogen-bond acceptors (Lipinski definition) is 4. The molecule has 6 heteroatoms. The zero-order chi connectivity index (χ0) is 22.9. The molecule has 0 N–H and O–H groups in total. The van der Waals surface area contributed by atoms with Crippen LogP contribution in [-0.4, -0.2) is 36.2 Å². The molecule has 0 unspecified atom stereocenters. The highest BCUT2D eigenvalue weighted by molar-refractivity contribution is 9.10. The fraction of sp³-hybridized carbons (Fsp3) is 0.462. The highest BCUT2D eigenvalue weighted by Gasteiger charge is 2.31. The van der Waals surface area contributed by atoms with Crippen LogP contribution in [0.1, 0.15) is 56.7 Å². The number of fused-ring (bicyclic) bond motifs is 1. The fourth-order valence-electron chi connectivity index (χ4n) is 4.62. The Balaban J connectivity index is 1.81. The Kier molecular flexibility index (Phi) is 6.48. The topological polar surface area (TPSA) is 56.6 Å². The van der Waals surface area contributed by atoms with Crippen molar-refractivity contribution in [2.24, 2.45) is 0 Å². The van der Waals surface area contributed by atoms with Crippen molar-refractivity contribution in [3.8, 4) is 17.2 Å². The van der Waals surface area contributed by atoms with Crippen molar-refractivity contribution in [1.82, 2.24) is 4.90 Å². The Morgan fingerprint density at radius 2 is 1.75 bits per heavy atom. The number of piperidine rings is 1. The van der Waals surface area contributed by atoms with Crippen LogP contribution in [0.4, 0.5) is 10.5 Å². The van der Waals surface area contributed by atoms with Gasteiger partial charge in [0, 0.05) is 30.7 Å². The van der Waals surface area contributed by atoms with E-state index in [1.54, 1.807) is 4.90 Å². The first-order valence-corrected chi connectivity index (χ1v) is 12.1. The van der Waals surface area contributed by atoms with Crippen LogP contribution < -0.4 is 4.90 Å². The number of ether oxygens (including phenoxy) is 1. The first kappa shape index (κ1) is 22.7. The lowest BCUT2D eigenvalue weighted by Crippen LogP contribution is -2.40. The minimum atomic E-state index is -0.540. The van der Waals surface area contributed by atoms with Crippen LogP contribution in [0.25, 0.3) is 11.1 Å². The summed E-state index contributed by atoms with van der Waals surface area (Å²) in [5.74, 6) is 0. The Morgan fingerprint density at radius 1 is 1.06 bits per heavy atom. The van der Waals surface area contributed by atoms with Gasteiger partial charge in [-0.3, -0.25) is 0 Å². The summed E-state index contributed by atoms with van der Waals surface area (Å²) < 4.78 is 6.66. The third kappa shape index (κ3) is 4.78. The molecule has 4 rings (SSSR count). The minimum Gasteiger partial charge on any atom is -0.444 e. The number of rotatable bonds is 2. The second kappa shape index (κ2) is 9.15. The van der Waals surface area contributed by atoms with Gasteiger partial charge in [0.2, 0.25) is 0 Å². The monoisotopic (exact) mass is 495 g/mol. The van der Waals surface area contributed by atoms with Gasteiger partial charge in [-0.25, -0.2) is 4.79 Å². The van der Waals surface area contributed by atoms with Gasteiger partial charge in [-0.1, -0.05) is 28.1 Å². The number of amides is 1. The largest absolute Gasteiger partial charge is 0.444 e. The number of halogens is 1. The number of hydrogen-bond donors (Lipinski definition) is 0. The van der Waals surface area contributed by atoms with Crippen molar-refractivity contribution in [3.63, 3.8) is 0 Å². The fourth-order valence-corrected chi connectivity index (χ4v) is 4.88. The summed E-state index contributed by atoms with van der Waals surface area (Å²) in [6.45, 7) is 8.62. The van der Waals surface area contributed by atoms with Crippen LogP contribution in [0.15, 0.2) is 34.8 Å². The maximum Gasteiger partial charge on any atom is 0.410 e. The Morgan fingerprint density at radius 3 is 2.38 bits per heavy atom. The highest BCUT2D eigenvalue weighted by atomic mass is 79.9. The molecule has 1 fully saturated rings. The van der Waals surface area contributed by atoms with E-state index in [4.69, 9.17) is 4.74 Å². The zero-order valence-electron chi connectivity index (χ0n) is 19.1. The van der Waals surface area contributed by atoms with Gasteiger partial charge in [0.05, 0.1) is 11.3 Å². The lowest BCUT2D eigenvalue weighted by Gasteiger charge is -2.35. The van der Waals surface area contributed by atoms with Crippen molar-refractivity contribution in [2.45, 2.75) is 58.6 Å². The molecule has 0 bridgehead atoms. The summed E-state index contributed by atoms with van der Waals surface area (Å²) in [6.07, 6.45) is 3.91. The quantitative estimate of drug-likeness (QED) is 0.492. The van der Waals surface area contributed by atoms with E-state index >= 15 is 0 Å². The van der Waals surface area contributed by atoms with Crippen molar-refractivity contribution < 1.29 is 9.53 Å². The second-order valence-corrected chi connectivity index (χ2v) is 10.5. The molecule has 1 amide bonds. The number of anilines is 1. The molecule has 0 aliphatic carbocycles. The third-order valence-electron chi connectivity index (χ3n) is 6.12. The number of carbonyl (C=O) groups excluding carboxylic acids is 1. The summed E-state index contributed by atoms with van der Waals surface area (Å²) in [7, 11) is 0. The van der Waals surface area contributed by atoms with Gasteiger partial charge < -0.3 is 14.5 Å². The molecule has 0 aromatic heterocycles. The van der Waals surface area contributed by atoms with Gasteiger partial charge in [0.15, 0.2) is 0 Å². The van der Waals surface area contributed by atoms with Gasteiger partial charge in [-0.05, 0) is 86.9 Å². The Bertz CT molecular complexity index is 1040. The lowest BCUT2D eigenvalue weighted by atomic mass is 9.86. The van der Waals surface area contributed by atoms with Crippen molar-refractivity contribution in [2.75, 3.05) is 24.5 Å². The maximum atomic E-state index is 12.8. The Hall–Kier alpha value is -2.52. The van der Waals surface area contributed by atoms with E-state index < -0.39 is 5.60 Å². The molecule has 2 aromatic rings. The molecule has 0 spiro atoms. The molecular weight excluding hydrogens is 466 g/mol. The molecule has 0 saturated carbocycles. The molecule has 168 valence electrons. The summed E-state index contributed by atoms with van der Waals surface area (Å²) >= 11 is 3.53. The molecule has 5 nitrogen and oxygen atoms in total. The molecule has 1 saturated heterocycles. The van der Waals surface area contributed by atoms with E-state index in [0.29, 0.717) is 19.5 Å². The standard InChI is InChI=1S/C26H30BrN3O2/c1-26(2,3)32-25(31)30-14-11-20-22(16-28)24(29-12-5-4-6-13-29)15-21(23(20)17-30)18-7-9-19(27)10-8-18/h7-10,15H,4-6,11-14,17H2,1-3H3. The molecule has 2 aliphatic rings. The minimum absolute atomic E-state index is 0.302. The van der Waals surface area contributed by atoms with Gasteiger partial charge >= 0.3 is 6.09 Å². The van der Waals surface area contributed by atoms with Crippen LogP contribution in [0.5, 0.6) is 0 Å². The van der Waals surface area contributed by atoms with E-state index in [0.717, 1.165) is 63.9 Å². The van der Waals surface area contributed by atoms with E-state index in [9.17, 15) is 10.1 Å². The molecule has 32 heavy (non-hydrogen) atoms. The van der Waals surface area contributed by atoms with E-state index in [-0.39, 0.29) is 6.09 Å². The average molecular weight is 496 g/mol. The molecule has 2 aromatic carbocycles. The first-order valence-electron chi connectivity index (χ1n) is 11.3. The number of carbonyl (C=O) groups is 1. The molecule has 0 radical (unpaired) electrons. The highest BCUT2D eigenvalue weighted by Crippen LogP contribution is 2.39. The third-order valence-corrected chi connectivity index (χ3v) is 6.65. The van der Waals surface area contributed by atoms with Gasteiger partial charge in [-0.15, -0.1) is 0 Å². The first-order chi connectivity index (χ1) is 15.3. The maximum absolute atomic E-state index is 12.8. The van der Waals surface area contributed by atoms with Crippen molar-refractivity contribution in [1.29, 1.82) is 5.26 Å². The summed E-state index contributed by atoms with van der Waals surface area (Å²) in [5.41, 5.74) is 5.59. The summed E-state index contributed by atoms with van der Waals surface area (Å²) in [6, 6.07) is 12.9. The van der Waals surface area contributed by atoms with Crippen LogP contribution in [-0.2, 0) is 17.7 Å². The van der Waals surface area contributed by atoms with E-state index in [1.165, 1.54) is 6.42 Å². The predicted molar refractivity (Wildman–Crippen MR) is 131 cm³/mol. The number of nitriles is 1. The van der Waals surface area contributed by atoms with Crippen molar-refractivity contribution in [3.05, 3.63) is 51.5 Å². The second-order valence-electron chi connectivity index (χ2n) is 9.59. The van der Waals surface area contributed by atoms with Crippen LogP contribution in [0.3, 0.4) is 0 Å². The van der Waals surface area contributed by atoms with E-state index in [2.05, 4.69) is 45.1 Å². The predicted octanol–water partition coefficient (Wildman–Crippen LogP) is 6.27. The number of benzene rings is 2. The zero-order valence-corrected chi connectivity index (χ0v) is 20.7. The van der Waals surface area contributed by atoms with Crippen LogP contribution in [0, 0.1) is 11.3 Å². The SMILES string of the molecule is CC(C)(C)OC(=O)N1CCc2c(C#N)c(N3CCCCC3)cc(-c3ccc(Br)cc3)c2C1. The summed E-state index contributed by atoms with van der Waals surface area (Å²) in [4.78, 5) is 16.9. The molecule has 2 heterocycles. The molecule has 0 atom stereocenters. The van der Waals surface area contributed by atoms with Gasteiger partial charge in [0.1, 0.15) is 11.7 Å². The summed E-state index contributed by atoms with van der Waals surface area (Å²) in [5, 5.41) is 10.1. The normalized spacial score (nSPS) is 16.3. The lowest BCUT2D eigenvalue weighted by molar-refractivity contribution is 0.0224. The van der Waals surface area contributed by atoms with E-state index in [1.807, 2.05) is 32.9 Å². The van der Waals surface area contributed by atoms with Crippen molar-refractivity contribution >= 4 is 27.7 Å². The number of nitrogens with zero attached hydrogens (tertiary/aromatic N) is 3. The van der Waals surface area contributed by atoms with Gasteiger partial charge in [-0.2, -0.15) is 5.26 Å². The smallest absolute Gasteiger partial charge is 0.410 e.